The first-order chi connectivity index (χ1) is 12.3. The molecular formula is C21H26N4O. The second-order valence-electron chi connectivity index (χ2n) is 8.32. The van der Waals surface area contributed by atoms with Crippen LogP contribution in [-0.4, -0.2) is 26.4 Å². The van der Waals surface area contributed by atoms with Crippen LogP contribution in [0.5, 0.6) is 0 Å². The lowest BCUT2D eigenvalue weighted by Crippen LogP contribution is -2.36. The highest BCUT2D eigenvalue weighted by Gasteiger charge is 2.25. The van der Waals surface area contributed by atoms with Gasteiger partial charge in [0, 0.05) is 47.2 Å². The molecule has 4 rings (SSSR count). The number of para-hydroxylation sites is 1. The molecule has 0 spiro atoms. The molecule has 0 unspecified atom stereocenters. The van der Waals surface area contributed by atoms with Gasteiger partial charge in [0.15, 0.2) is 0 Å². The van der Waals surface area contributed by atoms with Crippen LogP contribution in [0.3, 0.4) is 0 Å². The number of aromatic amines is 2. The summed E-state index contributed by atoms with van der Waals surface area (Å²) < 4.78 is 0. The number of nitrogens with zero attached hydrogens (tertiary/aromatic N) is 2. The molecule has 0 atom stereocenters. The molecule has 2 N–H and O–H groups in total. The fourth-order valence-electron chi connectivity index (χ4n) is 3.75. The van der Waals surface area contributed by atoms with Crippen LogP contribution < -0.4 is 5.56 Å². The van der Waals surface area contributed by atoms with Gasteiger partial charge in [0.2, 0.25) is 0 Å². The highest BCUT2D eigenvalue weighted by atomic mass is 16.1. The molecule has 0 bridgehead atoms. The number of benzene rings is 1. The number of rotatable bonds is 2. The van der Waals surface area contributed by atoms with E-state index in [0.29, 0.717) is 0 Å². The van der Waals surface area contributed by atoms with E-state index in [1.807, 2.05) is 0 Å². The first-order valence-corrected chi connectivity index (χ1v) is 9.24. The number of nitrogens with one attached hydrogen (secondary N) is 2. The maximum absolute atomic E-state index is 12.5. The topological polar surface area (TPSA) is 64.8 Å². The number of aromatic nitrogens is 3. The molecule has 2 aromatic heterocycles. The molecule has 26 heavy (non-hydrogen) atoms. The fourth-order valence-corrected chi connectivity index (χ4v) is 3.75. The smallest absolute Gasteiger partial charge is 0.254 e. The number of aryl methyl sites for hydroxylation is 1. The van der Waals surface area contributed by atoms with E-state index in [1.165, 1.54) is 22.2 Å². The Morgan fingerprint density at radius 3 is 2.73 bits per heavy atom. The van der Waals surface area contributed by atoms with Gasteiger partial charge in [-0.3, -0.25) is 9.69 Å². The largest absolute Gasteiger partial charge is 0.358 e. The van der Waals surface area contributed by atoms with Gasteiger partial charge < -0.3 is 9.97 Å². The first-order valence-electron chi connectivity index (χ1n) is 9.24. The normalized spacial score (nSPS) is 15.4. The van der Waals surface area contributed by atoms with E-state index in [9.17, 15) is 4.79 Å². The van der Waals surface area contributed by atoms with Crippen molar-refractivity contribution < 1.29 is 0 Å². The van der Waals surface area contributed by atoms with Crippen molar-refractivity contribution >= 4 is 10.9 Å². The third-order valence-corrected chi connectivity index (χ3v) is 5.27. The zero-order valence-corrected chi connectivity index (χ0v) is 15.9. The number of hydrogen-bond donors (Lipinski definition) is 2. The van der Waals surface area contributed by atoms with E-state index in [2.05, 4.69) is 66.8 Å². The Bertz CT molecular complexity index is 1020. The van der Waals surface area contributed by atoms with Crippen molar-refractivity contribution in [1.82, 2.24) is 19.9 Å². The third kappa shape index (κ3) is 2.97. The second kappa shape index (κ2) is 6.09. The zero-order chi connectivity index (χ0) is 18.5. The van der Waals surface area contributed by atoms with Gasteiger partial charge in [-0.05, 0) is 25.0 Å². The monoisotopic (exact) mass is 350 g/mol. The second-order valence-corrected chi connectivity index (χ2v) is 8.32. The lowest BCUT2D eigenvalue weighted by atomic mass is 9.95. The van der Waals surface area contributed by atoms with Gasteiger partial charge in [0.25, 0.3) is 5.56 Å². The summed E-state index contributed by atoms with van der Waals surface area (Å²) in [5.74, 6) is 0.770. The number of hydrogen-bond acceptors (Lipinski definition) is 3. The minimum absolute atomic E-state index is 0.0304. The minimum Gasteiger partial charge on any atom is -0.358 e. The van der Waals surface area contributed by atoms with Crippen LogP contribution in [0.25, 0.3) is 10.9 Å². The Kier molecular flexibility index (Phi) is 3.99. The standard InChI is InChI=1S/C21H26N4O/c1-13-16(14-7-5-6-8-17(14)22-13)11-25-10-9-15-18(12-25)23-20(21(2,3)4)24-19(15)26/h5-8,22H,9-12H2,1-4H3,(H,23,24,26). The predicted molar refractivity (Wildman–Crippen MR) is 104 cm³/mol. The Labute approximate surface area is 153 Å². The molecule has 5 nitrogen and oxygen atoms in total. The summed E-state index contributed by atoms with van der Waals surface area (Å²) in [6.07, 6.45) is 0.753. The van der Waals surface area contributed by atoms with Crippen LogP contribution in [0.1, 0.15) is 49.1 Å². The maximum Gasteiger partial charge on any atom is 0.254 e. The minimum atomic E-state index is -0.163. The van der Waals surface area contributed by atoms with Crippen molar-refractivity contribution in [2.45, 2.75) is 52.6 Å². The molecular weight excluding hydrogens is 324 g/mol. The van der Waals surface area contributed by atoms with E-state index in [0.717, 1.165) is 43.1 Å². The average molecular weight is 350 g/mol. The lowest BCUT2D eigenvalue weighted by molar-refractivity contribution is 0.239. The van der Waals surface area contributed by atoms with E-state index >= 15 is 0 Å². The Hall–Kier alpha value is -2.40. The number of H-pyrrole nitrogens is 2. The van der Waals surface area contributed by atoms with Crippen molar-refractivity contribution in [3.05, 3.63) is 63.0 Å². The molecule has 3 heterocycles. The highest BCUT2D eigenvalue weighted by molar-refractivity contribution is 5.84. The van der Waals surface area contributed by atoms with Gasteiger partial charge >= 0.3 is 0 Å². The van der Waals surface area contributed by atoms with Crippen molar-refractivity contribution in [1.29, 1.82) is 0 Å². The van der Waals surface area contributed by atoms with Crippen molar-refractivity contribution in [3.8, 4) is 0 Å². The van der Waals surface area contributed by atoms with E-state index in [4.69, 9.17) is 4.98 Å². The van der Waals surface area contributed by atoms with Crippen LogP contribution >= 0.6 is 0 Å². The SMILES string of the molecule is Cc1[nH]c2ccccc2c1CN1CCc2c(nc(C(C)(C)C)[nH]c2=O)C1. The molecule has 0 radical (unpaired) electrons. The Morgan fingerprint density at radius 2 is 1.96 bits per heavy atom. The van der Waals surface area contributed by atoms with Gasteiger partial charge in [-0.1, -0.05) is 39.0 Å². The van der Waals surface area contributed by atoms with Crippen LogP contribution in [0.15, 0.2) is 29.1 Å². The molecule has 136 valence electrons. The molecule has 3 aromatic rings. The predicted octanol–water partition coefficient (Wildman–Crippen LogP) is 3.42. The maximum atomic E-state index is 12.5. The van der Waals surface area contributed by atoms with Crippen LogP contribution in [0, 0.1) is 6.92 Å². The Balaban J connectivity index is 1.65. The molecule has 1 aliphatic heterocycles. The zero-order valence-electron chi connectivity index (χ0n) is 15.9. The highest BCUT2D eigenvalue weighted by Crippen LogP contribution is 2.26. The average Bonchev–Trinajstić information content (AvgIpc) is 2.89. The first kappa shape index (κ1) is 17.0. The third-order valence-electron chi connectivity index (χ3n) is 5.27. The number of fused-ring (bicyclic) bond motifs is 2. The van der Waals surface area contributed by atoms with Crippen molar-refractivity contribution in [2.24, 2.45) is 0 Å². The quantitative estimate of drug-likeness (QED) is 0.744. The molecule has 0 saturated heterocycles. The van der Waals surface area contributed by atoms with Crippen molar-refractivity contribution in [2.75, 3.05) is 6.54 Å². The summed E-state index contributed by atoms with van der Waals surface area (Å²) >= 11 is 0. The summed E-state index contributed by atoms with van der Waals surface area (Å²) in [5, 5.41) is 1.28. The molecule has 0 saturated carbocycles. The van der Waals surface area contributed by atoms with Gasteiger partial charge in [0.05, 0.1) is 5.69 Å². The molecule has 5 heteroatoms. The molecule has 0 fully saturated rings. The lowest BCUT2D eigenvalue weighted by Gasteiger charge is -2.29. The fraction of sp³-hybridized carbons (Fsp3) is 0.429. The van der Waals surface area contributed by atoms with E-state index < -0.39 is 0 Å². The van der Waals surface area contributed by atoms with Crippen LogP contribution in [0.4, 0.5) is 0 Å². The summed E-state index contributed by atoms with van der Waals surface area (Å²) in [6, 6.07) is 8.44. The van der Waals surface area contributed by atoms with Gasteiger partial charge in [-0.2, -0.15) is 0 Å². The molecule has 1 aromatic carbocycles. The summed E-state index contributed by atoms with van der Waals surface area (Å²) in [7, 11) is 0. The van der Waals surface area contributed by atoms with Crippen LogP contribution in [-0.2, 0) is 24.9 Å². The van der Waals surface area contributed by atoms with Gasteiger partial charge in [0.1, 0.15) is 5.82 Å². The van der Waals surface area contributed by atoms with Gasteiger partial charge in [-0.15, -0.1) is 0 Å². The van der Waals surface area contributed by atoms with Crippen molar-refractivity contribution in [3.63, 3.8) is 0 Å². The summed E-state index contributed by atoms with van der Waals surface area (Å²) in [4.78, 5) is 26.1. The molecule has 1 aliphatic rings. The molecule has 0 amide bonds. The van der Waals surface area contributed by atoms with Crippen LogP contribution in [0.2, 0.25) is 0 Å². The summed E-state index contributed by atoms with van der Waals surface area (Å²) in [6.45, 7) is 10.8. The van der Waals surface area contributed by atoms with E-state index in [1.54, 1.807) is 0 Å². The summed E-state index contributed by atoms with van der Waals surface area (Å²) in [5.41, 5.74) is 5.39. The molecule has 0 aliphatic carbocycles. The Morgan fingerprint density at radius 1 is 1.19 bits per heavy atom. The van der Waals surface area contributed by atoms with Gasteiger partial charge in [-0.25, -0.2) is 4.98 Å². The van der Waals surface area contributed by atoms with E-state index in [-0.39, 0.29) is 11.0 Å².